The van der Waals surface area contributed by atoms with Crippen molar-refractivity contribution in [1.29, 1.82) is 0 Å². The van der Waals surface area contributed by atoms with Crippen LogP contribution in [0.2, 0.25) is 0 Å². The highest BCUT2D eigenvalue weighted by molar-refractivity contribution is 5.88. The quantitative estimate of drug-likeness (QED) is 0.0386. The van der Waals surface area contributed by atoms with Crippen LogP contribution in [0.3, 0.4) is 0 Å². The Labute approximate surface area is 252 Å². The number of aliphatic carboxylic acids is 1. The first-order chi connectivity index (χ1) is 20.5. The van der Waals surface area contributed by atoms with Crippen molar-refractivity contribution in [2.45, 2.75) is 122 Å². The molecule has 0 spiro atoms. The lowest BCUT2D eigenvalue weighted by atomic mass is 10.0. The molecule has 0 heterocycles. The predicted molar refractivity (Wildman–Crippen MR) is 163 cm³/mol. The van der Waals surface area contributed by atoms with E-state index in [9.17, 15) is 19.5 Å². The van der Waals surface area contributed by atoms with Crippen LogP contribution in [-0.2, 0) is 28.6 Å². The molecule has 0 saturated heterocycles. The molecule has 12 nitrogen and oxygen atoms in total. The molecule has 0 aliphatic rings. The van der Waals surface area contributed by atoms with Crippen LogP contribution in [-0.4, -0.2) is 81.7 Å². The molecule has 0 radical (unpaired) electrons. The molecule has 0 saturated carbocycles. The van der Waals surface area contributed by atoms with E-state index in [0.29, 0.717) is 39.5 Å². The van der Waals surface area contributed by atoms with Crippen molar-refractivity contribution < 1.29 is 33.7 Å². The van der Waals surface area contributed by atoms with Gasteiger partial charge in [-0.3, -0.25) is 9.59 Å². The Bertz CT molecular complexity index is 720. The highest BCUT2D eigenvalue weighted by atomic mass is 16.5. The fourth-order valence-electron chi connectivity index (χ4n) is 4.34. The maximum Gasteiger partial charge on any atom is 0.326 e. The molecule has 0 unspecified atom stereocenters. The molecule has 0 fully saturated rings. The zero-order chi connectivity index (χ0) is 30.9. The third-order valence-corrected chi connectivity index (χ3v) is 6.74. The lowest BCUT2D eigenvalue weighted by Gasteiger charge is -2.14. The molecule has 1 atom stereocenters. The summed E-state index contributed by atoms with van der Waals surface area (Å²) in [7, 11) is 0. The second-order valence-corrected chi connectivity index (χ2v) is 10.5. The Morgan fingerprint density at radius 3 is 1.69 bits per heavy atom. The molecule has 0 bridgehead atoms. The predicted octanol–water partition coefficient (Wildman–Crippen LogP) is 5.68. The number of ether oxygens (including phenoxy) is 3. The fourth-order valence-corrected chi connectivity index (χ4v) is 4.34. The van der Waals surface area contributed by atoms with Gasteiger partial charge in [-0.25, -0.2) is 4.79 Å². The van der Waals surface area contributed by atoms with Crippen LogP contribution in [0.25, 0.3) is 10.4 Å². The highest BCUT2D eigenvalue weighted by Crippen LogP contribution is 2.13. The van der Waals surface area contributed by atoms with Crippen molar-refractivity contribution in [3.63, 3.8) is 0 Å². The number of carboxylic acids is 1. The van der Waals surface area contributed by atoms with Crippen LogP contribution < -0.4 is 10.6 Å². The zero-order valence-corrected chi connectivity index (χ0v) is 26.0. The average Bonchev–Trinajstić information content (AvgIpc) is 2.97. The molecule has 0 aliphatic carbocycles. The minimum atomic E-state index is -1.25. The molecule has 12 heteroatoms. The van der Waals surface area contributed by atoms with Gasteiger partial charge in [0.25, 0.3) is 0 Å². The number of amides is 2. The number of unbranched alkanes of at least 4 members (excludes halogenated alkanes) is 14. The van der Waals surface area contributed by atoms with Gasteiger partial charge in [-0.1, -0.05) is 102 Å². The number of rotatable bonds is 32. The van der Waals surface area contributed by atoms with E-state index in [1.54, 1.807) is 0 Å². The number of carbonyl (C=O) groups excluding carboxylic acids is 2. The van der Waals surface area contributed by atoms with Gasteiger partial charge >= 0.3 is 5.97 Å². The van der Waals surface area contributed by atoms with E-state index in [-0.39, 0.29) is 38.4 Å². The van der Waals surface area contributed by atoms with Gasteiger partial charge < -0.3 is 30.0 Å². The SMILES string of the molecule is CCCCCCCCCCCCCCCCCC(=O)N[C@@H](CC(=O)NCCOCCOCCOCCN=[N+]=[N-])C(=O)O. The van der Waals surface area contributed by atoms with Crippen molar-refractivity contribution >= 4 is 17.8 Å². The van der Waals surface area contributed by atoms with Crippen molar-refractivity contribution in [1.82, 2.24) is 10.6 Å². The fraction of sp³-hybridized carbons (Fsp3) is 0.900. The number of carboxylic acid groups (broad SMARTS) is 1. The van der Waals surface area contributed by atoms with Gasteiger partial charge in [0.1, 0.15) is 6.04 Å². The average molecular weight is 600 g/mol. The Morgan fingerprint density at radius 1 is 0.714 bits per heavy atom. The van der Waals surface area contributed by atoms with E-state index in [1.165, 1.54) is 77.0 Å². The van der Waals surface area contributed by atoms with Gasteiger partial charge in [0.15, 0.2) is 0 Å². The highest BCUT2D eigenvalue weighted by Gasteiger charge is 2.22. The normalized spacial score (nSPS) is 11.5. The lowest BCUT2D eigenvalue weighted by molar-refractivity contribution is -0.143. The summed E-state index contributed by atoms with van der Waals surface area (Å²) < 4.78 is 15.9. The molecule has 0 aromatic heterocycles. The smallest absolute Gasteiger partial charge is 0.326 e. The Kier molecular flexibility index (Phi) is 29.7. The summed E-state index contributed by atoms with van der Waals surface area (Å²) >= 11 is 0. The number of carbonyl (C=O) groups is 3. The maximum absolute atomic E-state index is 12.2. The summed E-state index contributed by atoms with van der Waals surface area (Å²) in [6.07, 6.45) is 18.5. The summed E-state index contributed by atoms with van der Waals surface area (Å²) in [6.45, 7) is 4.82. The summed E-state index contributed by atoms with van der Waals surface area (Å²) in [5, 5.41) is 17.8. The molecule has 2 amide bonds. The zero-order valence-electron chi connectivity index (χ0n) is 26.0. The maximum atomic E-state index is 12.2. The van der Waals surface area contributed by atoms with Crippen LogP contribution in [0.5, 0.6) is 0 Å². The van der Waals surface area contributed by atoms with Crippen molar-refractivity contribution in [3.8, 4) is 0 Å². The van der Waals surface area contributed by atoms with Crippen LogP contribution in [0, 0.1) is 0 Å². The Morgan fingerprint density at radius 2 is 1.19 bits per heavy atom. The molecular weight excluding hydrogens is 542 g/mol. The van der Waals surface area contributed by atoms with Crippen LogP contribution in [0.1, 0.15) is 116 Å². The van der Waals surface area contributed by atoms with Crippen molar-refractivity contribution in [2.75, 3.05) is 52.7 Å². The standard InChI is InChI=1S/C30H57N5O7/c1-2-3-4-5-6-7-8-9-10-11-12-13-14-15-16-17-28(36)34-27(30(38)39)26-29(37)32-18-20-40-22-24-42-25-23-41-21-19-33-35-31/h27H,2-26H2,1H3,(H,32,37)(H,34,36)(H,38,39)/t27-/m0/s1. The van der Waals surface area contributed by atoms with Gasteiger partial charge in [0.2, 0.25) is 11.8 Å². The minimum Gasteiger partial charge on any atom is -0.480 e. The first-order valence-electron chi connectivity index (χ1n) is 16.0. The number of nitrogens with one attached hydrogen (secondary N) is 2. The molecule has 0 aromatic carbocycles. The van der Waals surface area contributed by atoms with Crippen LogP contribution in [0.4, 0.5) is 0 Å². The molecule has 0 rings (SSSR count). The monoisotopic (exact) mass is 599 g/mol. The van der Waals surface area contributed by atoms with Gasteiger partial charge in [-0.05, 0) is 12.0 Å². The topological polar surface area (TPSA) is 172 Å². The molecule has 244 valence electrons. The molecular formula is C30H57N5O7. The van der Waals surface area contributed by atoms with E-state index in [1.807, 2.05) is 0 Å². The van der Waals surface area contributed by atoms with E-state index < -0.39 is 17.9 Å². The summed E-state index contributed by atoms with van der Waals surface area (Å²) in [6, 6.07) is -1.25. The number of hydrogen-bond acceptors (Lipinski definition) is 7. The second kappa shape index (κ2) is 31.5. The lowest BCUT2D eigenvalue weighted by Crippen LogP contribution is -2.44. The van der Waals surface area contributed by atoms with Gasteiger partial charge in [0.05, 0.1) is 46.1 Å². The first kappa shape index (κ1) is 39.6. The van der Waals surface area contributed by atoms with E-state index in [4.69, 9.17) is 19.7 Å². The molecule has 0 aliphatic heterocycles. The van der Waals surface area contributed by atoms with E-state index >= 15 is 0 Å². The molecule has 42 heavy (non-hydrogen) atoms. The number of azide groups is 1. The third kappa shape index (κ3) is 29.1. The van der Waals surface area contributed by atoms with Crippen molar-refractivity contribution in [3.05, 3.63) is 10.4 Å². The van der Waals surface area contributed by atoms with Crippen LogP contribution in [0.15, 0.2) is 5.11 Å². The van der Waals surface area contributed by atoms with Gasteiger partial charge in [0, 0.05) is 24.4 Å². The Hall–Kier alpha value is -2.40. The first-order valence-corrected chi connectivity index (χ1v) is 16.0. The van der Waals surface area contributed by atoms with Gasteiger partial charge in [-0.2, -0.15) is 0 Å². The van der Waals surface area contributed by atoms with Gasteiger partial charge in [-0.15, -0.1) is 0 Å². The summed E-state index contributed by atoms with van der Waals surface area (Å²) in [5.74, 6) is -2.04. The number of nitrogens with zero attached hydrogens (tertiary/aromatic N) is 3. The van der Waals surface area contributed by atoms with Crippen molar-refractivity contribution in [2.24, 2.45) is 5.11 Å². The summed E-state index contributed by atoms with van der Waals surface area (Å²) in [4.78, 5) is 38.4. The minimum absolute atomic E-state index is 0.223. The number of hydrogen-bond donors (Lipinski definition) is 3. The van der Waals surface area contributed by atoms with E-state index in [2.05, 4.69) is 27.6 Å². The molecule has 0 aromatic rings. The molecule has 3 N–H and O–H groups in total. The third-order valence-electron chi connectivity index (χ3n) is 6.74. The largest absolute Gasteiger partial charge is 0.480 e. The van der Waals surface area contributed by atoms with Crippen LogP contribution >= 0.6 is 0 Å². The summed E-state index contributed by atoms with van der Waals surface area (Å²) in [5.41, 5.74) is 8.14. The Balaban J connectivity index is 3.67. The van der Waals surface area contributed by atoms with E-state index in [0.717, 1.165) is 12.8 Å². The second-order valence-electron chi connectivity index (χ2n) is 10.5.